The molecule has 8 heteroatoms. The van der Waals surface area contributed by atoms with E-state index in [1.54, 1.807) is 32.9 Å². The van der Waals surface area contributed by atoms with Gasteiger partial charge in [-0.3, -0.25) is 9.48 Å². The summed E-state index contributed by atoms with van der Waals surface area (Å²) in [5.41, 5.74) is 3.77. The second-order valence-corrected chi connectivity index (χ2v) is 6.63. The van der Waals surface area contributed by atoms with Crippen LogP contribution in [0.1, 0.15) is 21.7 Å². The number of aryl methyl sites for hydroxylation is 2. The van der Waals surface area contributed by atoms with E-state index in [4.69, 9.17) is 0 Å². The van der Waals surface area contributed by atoms with Crippen LogP contribution in [0.2, 0.25) is 0 Å². The first-order chi connectivity index (χ1) is 12.1. The summed E-state index contributed by atoms with van der Waals surface area (Å²) in [6, 6.07) is 7.84. The molecule has 0 aliphatic heterocycles. The number of thiophene rings is 1. The van der Waals surface area contributed by atoms with Crippen LogP contribution in [-0.2, 0) is 13.6 Å². The smallest absolute Gasteiger partial charge is 0.257 e. The molecule has 0 radical (unpaired) electrons. The van der Waals surface area contributed by atoms with Crippen LogP contribution >= 0.6 is 11.3 Å². The molecule has 1 amide bonds. The predicted octanol–water partition coefficient (Wildman–Crippen LogP) is 2.43. The van der Waals surface area contributed by atoms with Crippen molar-refractivity contribution in [2.45, 2.75) is 13.5 Å². The van der Waals surface area contributed by atoms with Crippen LogP contribution < -0.4 is 5.32 Å². The fraction of sp³-hybridized carbons (Fsp3) is 0.176. The topological polar surface area (TPSA) is 77.1 Å². The summed E-state index contributed by atoms with van der Waals surface area (Å²) in [6.07, 6.45) is 3.25. The maximum absolute atomic E-state index is 12.5. The minimum Gasteiger partial charge on any atom is -0.346 e. The molecule has 0 atom stereocenters. The average molecular weight is 352 g/mol. The number of fused-ring (bicyclic) bond motifs is 1. The van der Waals surface area contributed by atoms with Gasteiger partial charge in [-0.25, -0.2) is 9.50 Å². The van der Waals surface area contributed by atoms with Gasteiger partial charge in [0, 0.05) is 18.9 Å². The molecule has 4 aromatic rings. The van der Waals surface area contributed by atoms with Gasteiger partial charge in [0.05, 0.1) is 29.0 Å². The van der Waals surface area contributed by atoms with Crippen LogP contribution in [-0.4, -0.2) is 30.3 Å². The lowest BCUT2D eigenvalue weighted by atomic mass is 10.3. The highest BCUT2D eigenvalue weighted by molar-refractivity contribution is 7.13. The van der Waals surface area contributed by atoms with Crippen LogP contribution in [0.3, 0.4) is 0 Å². The Morgan fingerprint density at radius 2 is 2.24 bits per heavy atom. The number of aromatic nitrogens is 5. The van der Waals surface area contributed by atoms with Crippen molar-refractivity contribution in [3.8, 4) is 10.6 Å². The average Bonchev–Trinajstić information content (AvgIpc) is 3.33. The third kappa shape index (κ3) is 2.80. The van der Waals surface area contributed by atoms with Gasteiger partial charge in [0.25, 0.3) is 5.91 Å². The van der Waals surface area contributed by atoms with Crippen molar-refractivity contribution in [2.24, 2.45) is 7.05 Å². The summed E-state index contributed by atoms with van der Waals surface area (Å²) < 4.78 is 3.48. The molecule has 126 valence electrons. The van der Waals surface area contributed by atoms with E-state index in [0.29, 0.717) is 17.8 Å². The van der Waals surface area contributed by atoms with Gasteiger partial charge in [-0.15, -0.1) is 11.3 Å². The van der Waals surface area contributed by atoms with Gasteiger partial charge in [0.1, 0.15) is 5.56 Å². The number of hydrogen-bond acceptors (Lipinski definition) is 5. The lowest BCUT2D eigenvalue weighted by Gasteiger charge is -2.03. The number of nitrogens with one attached hydrogen (secondary N) is 1. The third-order valence-electron chi connectivity index (χ3n) is 4.01. The Bertz CT molecular complexity index is 1030. The van der Waals surface area contributed by atoms with E-state index in [-0.39, 0.29) is 5.91 Å². The molecule has 4 heterocycles. The van der Waals surface area contributed by atoms with E-state index in [9.17, 15) is 4.79 Å². The minimum atomic E-state index is -0.214. The zero-order valence-corrected chi connectivity index (χ0v) is 14.6. The first kappa shape index (κ1) is 15.5. The summed E-state index contributed by atoms with van der Waals surface area (Å²) in [5, 5.41) is 13.6. The molecular weight excluding hydrogens is 336 g/mol. The SMILES string of the molecule is Cc1cc(CNC(=O)c2cnn3c(-c4cccs4)ccnc23)nn1C. The maximum Gasteiger partial charge on any atom is 0.257 e. The van der Waals surface area contributed by atoms with Gasteiger partial charge in [-0.05, 0) is 30.5 Å². The summed E-state index contributed by atoms with van der Waals surface area (Å²) in [4.78, 5) is 18.0. The molecular formula is C17H16N6OS. The lowest BCUT2D eigenvalue weighted by molar-refractivity contribution is 0.0952. The van der Waals surface area contributed by atoms with Crippen LogP contribution in [0.4, 0.5) is 0 Å². The molecule has 0 unspecified atom stereocenters. The number of rotatable bonds is 4. The van der Waals surface area contributed by atoms with Crippen LogP contribution in [0.15, 0.2) is 42.0 Å². The predicted molar refractivity (Wildman–Crippen MR) is 95.4 cm³/mol. The number of hydrogen-bond donors (Lipinski definition) is 1. The highest BCUT2D eigenvalue weighted by atomic mass is 32.1. The summed E-state index contributed by atoms with van der Waals surface area (Å²) in [5.74, 6) is -0.214. The van der Waals surface area contributed by atoms with Crippen molar-refractivity contribution in [1.29, 1.82) is 0 Å². The largest absolute Gasteiger partial charge is 0.346 e. The summed E-state index contributed by atoms with van der Waals surface area (Å²) >= 11 is 1.62. The Hall–Kier alpha value is -3.00. The van der Waals surface area contributed by atoms with E-state index >= 15 is 0 Å². The maximum atomic E-state index is 12.5. The fourth-order valence-corrected chi connectivity index (χ4v) is 3.39. The van der Waals surface area contributed by atoms with Crippen molar-refractivity contribution in [1.82, 2.24) is 29.7 Å². The van der Waals surface area contributed by atoms with Gasteiger partial charge in [-0.2, -0.15) is 10.2 Å². The molecule has 0 aliphatic carbocycles. The van der Waals surface area contributed by atoms with Crippen LogP contribution in [0.25, 0.3) is 16.2 Å². The van der Waals surface area contributed by atoms with Crippen LogP contribution in [0.5, 0.6) is 0 Å². The van der Waals surface area contributed by atoms with E-state index in [1.807, 2.05) is 43.6 Å². The van der Waals surface area contributed by atoms with Crippen molar-refractivity contribution in [2.75, 3.05) is 0 Å². The molecule has 25 heavy (non-hydrogen) atoms. The lowest BCUT2D eigenvalue weighted by Crippen LogP contribution is -2.23. The van der Waals surface area contributed by atoms with Crippen molar-refractivity contribution < 1.29 is 4.79 Å². The van der Waals surface area contributed by atoms with Crippen molar-refractivity contribution in [3.05, 3.63) is 59.0 Å². The van der Waals surface area contributed by atoms with Gasteiger partial charge < -0.3 is 5.32 Å². The second kappa shape index (κ2) is 6.14. The third-order valence-corrected chi connectivity index (χ3v) is 4.91. The summed E-state index contributed by atoms with van der Waals surface area (Å²) in [7, 11) is 1.88. The van der Waals surface area contributed by atoms with Gasteiger partial charge in [0.15, 0.2) is 5.65 Å². The Labute approximate surface area is 147 Å². The number of nitrogens with zero attached hydrogens (tertiary/aromatic N) is 5. The molecule has 0 bridgehead atoms. The normalized spacial score (nSPS) is 11.1. The molecule has 0 aromatic carbocycles. The highest BCUT2D eigenvalue weighted by Gasteiger charge is 2.16. The standard InChI is InChI=1S/C17H16N6OS/c1-11-8-12(21-22(11)2)9-19-17(24)13-10-20-23-14(5-6-18-16(13)23)15-4-3-7-25-15/h3-8,10H,9H2,1-2H3,(H,19,24). The number of carbonyl (C=O) groups is 1. The van der Waals surface area contributed by atoms with E-state index < -0.39 is 0 Å². The highest BCUT2D eigenvalue weighted by Crippen LogP contribution is 2.25. The molecule has 7 nitrogen and oxygen atoms in total. The zero-order valence-electron chi connectivity index (χ0n) is 13.8. The summed E-state index contributed by atoms with van der Waals surface area (Å²) in [6.45, 7) is 2.34. The van der Waals surface area contributed by atoms with Gasteiger partial charge in [0.2, 0.25) is 0 Å². The zero-order chi connectivity index (χ0) is 17.4. The second-order valence-electron chi connectivity index (χ2n) is 5.68. The first-order valence-corrected chi connectivity index (χ1v) is 8.66. The van der Waals surface area contributed by atoms with Crippen molar-refractivity contribution in [3.63, 3.8) is 0 Å². The molecule has 0 saturated heterocycles. The minimum absolute atomic E-state index is 0.214. The van der Waals surface area contributed by atoms with Gasteiger partial charge in [-0.1, -0.05) is 6.07 Å². The number of amides is 1. The van der Waals surface area contributed by atoms with Gasteiger partial charge >= 0.3 is 0 Å². The molecule has 4 rings (SSSR count). The van der Waals surface area contributed by atoms with Crippen LogP contribution in [0, 0.1) is 6.92 Å². The fourth-order valence-electron chi connectivity index (χ4n) is 2.65. The van der Waals surface area contributed by atoms with E-state index in [2.05, 4.69) is 20.5 Å². The molecule has 0 saturated carbocycles. The Morgan fingerprint density at radius 3 is 2.96 bits per heavy atom. The van der Waals surface area contributed by atoms with E-state index in [1.165, 1.54) is 0 Å². The molecule has 0 spiro atoms. The molecule has 1 N–H and O–H groups in total. The van der Waals surface area contributed by atoms with E-state index in [0.717, 1.165) is 22.0 Å². The number of carbonyl (C=O) groups excluding carboxylic acids is 1. The Balaban J connectivity index is 1.61. The Morgan fingerprint density at radius 1 is 1.36 bits per heavy atom. The molecule has 0 aliphatic rings. The Kier molecular flexibility index (Phi) is 3.81. The monoisotopic (exact) mass is 352 g/mol. The quantitative estimate of drug-likeness (QED) is 0.612. The van der Waals surface area contributed by atoms with Crippen molar-refractivity contribution >= 4 is 22.9 Å². The molecule has 4 aromatic heterocycles. The first-order valence-electron chi connectivity index (χ1n) is 7.78. The molecule has 0 fully saturated rings.